The van der Waals surface area contributed by atoms with Gasteiger partial charge in [-0.15, -0.1) is 11.3 Å². The summed E-state index contributed by atoms with van der Waals surface area (Å²) in [4.78, 5) is 64.9. The van der Waals surface area contributed by atoms with Crippen molar-refractivity contribution in [2.45, 2.75) is 9.24 Å². The molecule has 4 amide bonds. The molecule has 5 rings (SSSR count). The monoisotopic (exact) mass is 547 g/mol. The van der Waals surface area contributed by atoms with Crippen LogP contribution in [0.1, 0.15) is 5.56 Å². The lowest BCUT2D eigenvalue weighted by molar-refractivity contribution is -0.387. The van der Waals surface area contributed by atoms with E-state index in [0.717, 1.165) is 28.0 Å². The van der Waals surface area contributed by atoms with Gasteiger partial charge in [-0.1, -0.05) is 36.0 Å². The zero-order valence-corrected chi connectivity index (χ0v) is 20.5. The van der Waals surface area contributed by atoms with E-state index in [9.17, 15) is 34.6 Å². The molecule has 0 atom stereocenters. The Hall–Kier alpha value is -4.95. The van der Waals surface area contributed by atoms with Crippen molar-refractivity contribution in [2.24, 2.45) is 0 Å². The van der Waals surface area contributed by atoms with Crippen molar-refractivity contribution in [1.29, 1.82) is 0 Å². The predicted molar refractivity (Wildman–Crippen MR) is 139 cm³/mol. The van der Waals surface area contributed by atoms with E-state index in [1.807, 2.05) is 0 Å². The first-order valence-corrected chi connectivity index (χ1v) is 12.3. The molecular weight excluding hydrogens is 534 g/mol. The maximum atomic E-state index is 13.0. The molecule has 0 aliphatic carbocycles. The Bertz CT molecular complexity index is 1700. The molecule has 1 fully saturated rings. The smallest absolute Gasteiger partial charge is 0.273 e. The van der Waals surface area contributed by atoms with Gasteiger partial charge in [-0.2, -0.15) is 0 Å². The minimum Gasteiger partial charge on any atom is -0.273 e. The number of nitrogens with one attached hydrogen (secondary N) is 1. The Labute approximate surface area is 220 Å². The zero-order valence-electron chi connectivity index (χ0n) is 18.9. The van der Waals surface area contributed by atoms with Crippen molar-refractivity contribution < 1.29 is 24.2 Å². The summed E-state index contributed by atoms with van der Waals surface area (Å²) in [7, 11) is 0. The molecule has 12 nitrogen and oxygen atoms in total. The number of para-hydroxylation sites is 1. The van der Waals surface area contributed by atoms with Crippen LogP contribution < -0.4 is 10.2 Å². The lowest BCUT2D eigenvalue weighted by Crippen LogP contribution is -2.54. The second-order valence-corrected chi connectivity index (χ2v) is 10.1. The molecule has 0 unspecified atom stereocenters. The van der Waals surface area contributed by atoms with Crippen molar-refractivity contribution in [3.63, 3.8) is 0 Å². The molecule has 1 N–H and O–H groups in total. The summed E-state index contributed by atoms with van der Waals surface area (Å²) in [6, 6.07) is 15.5. The molecule has 38 heavy (non-hydrogen) atoms. The molecule has 1 aliphatic rings. The van der Waals surface area contributed by atoms with Gasteiger partial charge < -0.3 is 0 Å². The highest BCUT2D eigenvalue weighted by Gasteiger charge is 2.36. The van der Waals surface area contributed by atoms with Crippen LogP contribution in [0.3, 0.4) is 0 Å². The van der Waals surface area contributed by atoms with E-state index in [2.05, 4.69) is 10.3 Å². The molecule has 3 aromatic carbocycles. The topological polar surface area (TPSA) is 166 Å². The summed E-state index contributed by atoms with van der Waals surface area (Å²) in [5.41, 5.74) is 0.223. The lowest BCUT2D eigenvalue weighted by atomic mass is 10.1. The van der Waals surface area contributed by atoms with Crippen molar-refractivity contribution in [1.82, 2.24) is 10.3 Å². The van der Waals surface area contributed by atoms with Gasteiger partial charge in [0.15, 0.2) is 4.34 Å². The number of thiazole rings is 1. The molecule has 1 aliphatic heterocycles. The van der Waals surface area contributed by atoms with Crippen molar-refractivity contribution in [2.75, 3.05) is 4.90 Å². The fraction of sp³-hybridized carbons (Fsp3) is 0. The third-order valence-electron chi connectivity index (χ3n) is 5.37. The average Bonchev–Trinajstić information content (AvgIpc) is 3.29. The minimum atomic E-state index is -0.920. The summed E-state index contributed by atoms with van der Waals surface area (Å²) < 4.78 is 0.999. The summed E-state index contributed by atoms with van der Waals surface area (Å²) in [5, 5.41) is 25.0. The molecule has 2 heterocycles. The zero-order chi connectivity index (χ0) is 27.0. The standard InChI is InChI=1S/C24H13N5O7S2/c30-21-16(22(31)27(23(32)26-21)14-4-2-1-3-5-14)10-13-6-9-19(18(11-13)29(35)36)37-24-25-17-8-7-15(28(33)34)12-20(17)38-24/h1-12H,(H,26,30,32)/b16-10+. The van der Waals surface area contributed by atoms with E-state index in [1.165, 1.54) is 54.6 Å². The Kier molecular flexibility index (Phi) is 6.40. The van der Waals surface area contributed by atoms with Crippen LogP contribution in [0.2, 0.25) is 0 Å². The van der Waals surface area contributed by atoms with E-state index in [-0.39, 0.29) is 33.1 Å². The molecule has 0 saturated carbocycles. The number of nitro groups is 2. The van der Waals surface area contributed by atoms with Crippen molar-refractivity contribution in [3.05, 3.63) is 98.1 Å². The summed E-state index contributed by atoms with van der Waals surface area (Å²) in [6.07, 6.45) is 1.18. The normalized spacial score (nSPS) is 14.7. The molecule has 188 valence electrons. The highest BCUT2D eigenvalue weighted by Crippen LogP contribution is 2.40. The lowest BCUT2D eigenvalue weighted by Gasteiger charge is -2.26. The van der Waals surface area contributed by atoms with Gasteiger partial charge in [0, 0.05) is 18.2 Å². The number of rotatable bonds is 6. The molecule has 1 saturated heterocycles. The number of urea groups is 1. The SMILES string of the molecule is O=C1NC(=O)N(c2ccccc2)C(=O)/C1=C/c1ccc(Sc2nc3ccc([N+](=O)[O-])cc3s2)c([N+](=O)[O-])c1. The van der Waals surface area contributed by atoms with Crippen molar-refractivity contribution in [3.8, 4) is 0 Å². The Morgan fingerprint density at radius 3 is 2.42 bits per heavy atom. The summed E-state index contributed by atoms with van der Waals surface area (Å²) in [6.45, 7) is 0. The third kappa shape index (κ3) is 4.72. The number of carbonyl (C=O) groups is 3. The first-order chi connectivity index (χ1) is 18.2. The van der Waals surface area contributed by atoms with Crippen LogP contribution >= 0.6 is 23.1 Å². The molecule has 14 heteroatoms. The van der Waals surface area contributed by atoms with Crippen molar-refractivity contribution >= 4 is 74.3 Å². The Morgan fingerprint density at radius 1 is 0.947 bits per heavy atom. The highest BCUT2D eigenvalue weighted by molar-refractivity contribution is 8.01. The van der Waals surface area contributed by atoms with E-state index in [4.69, 9.17) is 0 Å². The first-order valence-electron chi connectivity index (χ1n) is 10.7. The van der Waals surface area contributed by atoms with Crippen LogP contribution in [0.15, 0.2) is 81.5 Å². The second kappa shape index (κ2) is 9.84. The number of benzene rings is 3. The number of aromatic nitrogens is 1. The van der Waals surface area contributed by atoms with Crippen LogP contribution in [-0.2, 0) is 9.59 Å². The van der Waals surface area contributed by atoms with Gasteiger partial charge in [-0.25, -0.2) is 14.7 Å². The molecule has 4 aromatic rings. The van der Waals surface area contributed by atoms with E-state index in [1.54, 1.807) is 18.2 Å². The van der Waals surface area contributed by atoms with Gasteiger partial charge in [0.25, 0.3) is 23.2 Å². The van der Waals surface area contributed by atoms with Crippen LogP contribution in [-0.4, -0.2) is 32.7 Å². The summed E-state index contributed by atoms with van der Waals surface area (Å²) in [5.74, 6) is -1.79. The first kappa shape index (κ1) is 24.7. The number of hydrogen-bond donors (Lipinski definition) is 1. The van der Waals surface area contributed by atoms with Crippen LogP contribution in [0.5, 0.6) is 0 Å². The van der Waals surface area contributed by atoms with E-state index < -0.39 is 27.7 Å². The van der Waals surface area contributed by atoms with Gasteiger partial charge >= 0.3 is 6.03 Å². The van der Waals surface area contributed by atoms with Gasteiger partial charge in [-0.05, 0) is 35.9 Å². The number of amides is 4. The number of imide groups is 2. The van der Waals surface area contributed by atoms with Crippen LogP contribution in [0, 0.1) is 20.2 Å². The Balaban J connectivity index is 1.47. The van der Waals surface area contributed by atoms with Crippen LogP contribution in [0.4, 0.5) is 21.9 Å². The maximum absolute atomic E-state index is 13.0. The highest BCUT2D eigenvalue weighted by atomic mass is 32.2. The van der Waals surface area contributed by atoms with Gasteiger partial charge in [0.2, 0.25) is 0 Å². The molecule has 0 bridgehead atoms. The largest absolute Gasteiger partial charge is 0.335 e. The minimum absolute atomic E-state index is 0.0881. The van der Waals surface area contributed by atoms with E-state index in [0.29, 0.717) is 14.6 Å². The molecule has 0 radical (unpaired) electrons. The van der Waals surface area contributed by atoms with E-state index >= 15 is 0 Å². The fourth-order valence-corrected chi connectivity index (χ4v) is 5.77. The third-order valence-corrected chi connectivity index (χ3v) is 7.51. The predicted octanol–water partition coefficient (Wildman–Crippen LogP) is 4.93. The quantitative estimate of drug-likeness (QED) is 0.152. The molecular formula is C24H13N5O7S2. The average molecular weight is 548 g/mol. The maximum Gasteiger partial charge on any atom is 0.335 e. The number of fused-ring (bicyclic) bond motifs is 1. The van der Waals surface area contributed by atoms with Crippen LogP contribution in [0.25, 0.3) is 16.3 Å². The molecule has 1 aromatic heterocycles. The number of hydrogen-bond acceptors (Lipinski definition) is 10. The number of non-ortho nitro benzene ring substituents is 1. The number of anilines is 1. The summed E-state index contributed by atoms with van der Waals surface area (Å²) >= 11 is 2.17. The number of carbonyl (C=O) groups excluding carboxylic acids is 3. The number of nitro benzene ring substituents is 2. The number of barbiturate groups is 1. The second-order valence-electron chi connectivity index (χ2n) is 7.77. The van der Waals surface area contributed by atoms with Gasteiger partial charge in [-0.3, -0.25) is 35.1 Å². The number of nitrogens with zero attached hydrogens (tertiary/aromatic N) is 4. The van der Waals surface area contributed by atoms with Gasteiger partial charge in [0.1, 0.15) is 5.57 Å². The Morgan fingerprint density at radius 2 is 1.71 bits per heavy atom. The molecule has 0 spiro atoms. The van der Waals surface area contributed by atoms with Gasteiger partial charge in [0.05, 0.1) is 30.6 Å². The fourth-order valence-electron chi connectivity index (χ4n) is 3.63.